The van der Waals surface area contributed by atoms with Crippen molar-refractivity contribution in [3.05, 3.63) is 118 Å². The van der Waals surface area contributed by atoms with E-state index < -0.39 is 0 Å². The Morgan fingerprint density at radius 3 is 2.28 bits per heavy atom. The van der Waals surface area contributed by atoms with E-state index in [4.69, 9.17) is 9.47 Å². The maximum atomic E-state index is 14.4. The molecule has 9 nitrogen and oxygen atoms in total. The number of hydrogen-bond acceptors (Lipinski definition) is 6. The number of nitrogens with zero attached hydrogens (tertiary/aromatic N) is 2. The van der Waals surface area contributed by atoms with E-state index in [1.54, 1.807) is 17.2 Å². The highest BCUT2D eigenvalue weighted by Gasteiger charge is 2.24. The van der Waals surface area contributed by atoms with Crippen molar-refractivity contribution in [2.45, 2.75) is 65.7 Å². The molecule has 0 radical (unpaired) electrons. The van der Waals surface area contributed by atoms with Crippen LogP contribution in [-0.2, 0) is 16.0 Å². The van der Waals surface area contributed by atoms with E-state index in [1.165, 1.54) is 12.5 Å². The quantitative estimate of drug-likeness (QED) is 0.0899. The van der Waals surface area contributed by atoms with Gasteiger partial charge < -0.3 is 19.8 Å². The molecule has 2 N–H and O–H groups in total. The average molecular weight is 675 g/mol. The van der Waals surface area contributed by atoms with Crippen LogP contribution in [0.15, 0.2) is 95.9 Å². The topological polar surface area (TPSA) is 114 Å². The number of ether oxygens (including phenoxy) is 2. The molecule has 0 aliphatic rings. The number of H-pyrrole nitrogens is 1. The molecule has 0 spiro atoms. The van der Waals surface area contributed by atoms with Gasteiger partial charge in [-0.2, -0.15) is 0 Å². The fourth-order valence-electron chi connectivity index (χ4n) is 5.96. The number of hydrogen-bond donors (Lipinski definition) is 2. The molecule has 2 aromatic heterocycles. The number of carbonyl (C=O) groups is 2. The number of benzene rings is 3. The lowest BCUT2D eigenvalue weighted by atomic mass is 9.88. The lowest BCUT2D eigenvalue weighted by Crippen LogP contribution is -2.39. The number of fused-ring (bicyclic) bond motifs is 1. The van der Waals surface area contributed by atoms with Crippen molar-refractivity contribution in [3.63, 3.8) is 0 Å². The van der Waals surface area contributed by atoms with Crippen LogP contribution in [0.3, 0.4) is 0 Å². The number of aryl methyl sites for hydroxylation is 1. The van der Waals surface area contributed by atoms with Crippen LogP contribution in [0.2, 0.25) is 0 Å². The molecule has 5 rings (SSSR count). The van der Waals surface area contributed by atoms with Crippen LogP contribution in [0.4, 0.5) is 16.2 Å². The molecular weight excluding hydrogens is 628 g/mol. The Morgan fingerprint density at radius 2 is 1.58 bits per heavy atom. The highest BCUT2D eigenvalue weighted by Crippen LogP contribution is 2.38. The Balaban J connectivity index is 1.46. The van der Waals surface area contributed by atoms with Crippen molar-refractivity contribution in [2.24, 2.45) is 0 Å². The fraction of sp³-hybridized carbons (Fsp3) is 0.317. The molecule has 0 bridgehead atoms. The molecule has 9 heteroatoms. The number of esters is 1. The van der Waals surface area contributed by atoms with Crippen molar-refractivity contribution in [2.75, 3.05) is 30.0 Å². The van der Waals surface area contributed by atoms with E-state index in [9.17, 15) is 14.4 Å². The number of rotatable bonds is 14. The molecule has 2 heterocycles. The highest BCUT2D eigenvalue weighted by molar-refractivity contribution is 6.03. The maximum absolute atomic E-state index is 14.4. The molecule has 0 saturated carbocycles. The summed E-state index contributed by atoms with van der Waals surface area (Å²) in [5.41, 5.74) is 6.29. The zero-order chi connectivity index (χ0) is 35.6. The predicted molar refractivity (Wildman–Crippen MR) is 200 cm³/mol. The summed E-state index contributed by atoms with van der Waals surface area (Å²) in [6.45, 7) is 10.9. The van der Waals surface area contributed by atoms with Crippen LogP contribution < -0.4 is 20.5 Å². The van der Waals surface area contributed by atoms with Crippen LogP contribution in [0.5, 0.6) is 5.75 Å². The van der Waals surface area contributed by atoms with Gasteiger partial charge in [0.1, 0.15) is 17.1 Å². The third-order valence-corrected chi connectivity index (χ3v) is 8.53. The summed E-state index contributed by atoms with van der Waals surface area (Å²) >= 11 is 0. The van der Waals surface area contributed by atoms with Gasteiger partial charge in [0.25, 0.3) is 5.56 Å². The number of urea groups is 1. The summed E-state index contributed by atoms with van der Waals surface area (Å²) in [7, 11) is 0. The predicted octanol–water partition coefficient (Wildman–Crippen LogP) is 8.84. The molecule has 0 aliphatic carbocycles. The van der Waals surface area contributed by atoms with Crippen molar-refractivity contribution in [1.82, 2.24) is 9.97 Å². The minimum Gasteiger partial charge on any atom is -0.493 e. The van der Waals surface area contributed by atoms with Gasteiger partial charge in [0.15, 0.2) is 0 Å². The Labute approximate surface area is 293 Å². The molecular formula is C41H46N4O5. The molecule has 3 aromatic carbocycles. The van der Waals surface area contributed by atoms with E-state index in [0.717, 1.165) is 45.5 Å². The van der Waals surface area contributed by atoms with Gasteiger partial charge in [-0.1, -0.05) is 70.2 Å². The van der Waals surface area contributed by atoms with Crippen molar-refractivity contribution in [1.29, 1.82) is 0 Å². The van der Waals surface area contributed by atoms with Crippen molar-refractivity contribution in [3.8, 4) is 16.9 Å². The summed E-state index contributed by atoms with van der Waals surface area (Å²) in [6.07, 6.45) is 3.65. The average Bonchev–Trinajstić information content (AvgIpc) is 3.10. The largest absolute Gasteiger partial charge is 0.493 e. The van der Waals surface area contributed by atoms with Gasteiger partial charge in [0.2, 0.25) is 0 Å². The SMILES string of the molecule is CC(=O)OCCCOc1cccc(-c2cc(C(C)C)c(NC(=O)N(CCCc3ccccc3)c3cc4cccnc4[nH]c3=O)c(C(C)C)c2)c1. The molecule has 0 atom stereocenters. The smallest absolute Gasteiger partial charge is 0.326 e. The molecule has 2 amide bonds. The number of aromatic amines is 1. The maximum Gasteiger partial charge on any atom is 0.326 e. The minimum atomic E-state index is -0.372. The summed E-state index contributed by atoms with van der Waals surface area (Å²) in [4.78, 5) is 47.6. The highest BCUT2D eigenvalue weighted by atomic mass is 16.5. The Kier molecular flexibility index (Phi) is 12.0. The number of nitrogens with one attached hydrogen (secondary N) is 2. The van der Waals surface area contributed by atoms with Gasteiger partial charge in [-0.3, -0.25) is 14.5 Å². The van der Waals surface area contributed by atoms with E-state index in [-0.39, 0.29) is 35.1 Å². The standard InChI is InChI=1S/C41H46N4O5/c1-27(2)35-24-33(31-16-9-18-34(23-31)50-22-12-21-49-29(5)46)25-36(28(3)4)38(35)43-41(48)45(20-11-15-30-13-7-6-8-14-30)37-26-32-17-10-19-42-39(32)44-40(37)47/h6-10,13-14,16-19,23-28H,11-12,15,20-22H2,1-5H3,(H,43,48)(H,42,44,47). The molecule has 260 valence electrons. The normalized spacial score (nSPS) is 11.2. The second-order valence-corrected chi connectivity index (χ2v) is 13.0. The van der Waals surface area contributed by atoms with Gasteiger partial charge in [-0.25, -0.2) is 9.78 Å². The first-order valence-electron chi connectivity index (χ1n) is 17.3. The summed E-state index contributed by atoms with van der Waals surface area (Å²) < 4.78 is 11.0. The van der Waals surface area contributed by atoms with Gasteiger partial charge in [0.05, 0.1) is 13.2 Å². The van der Waals surface area contributed by atoms with Gasteiger partial charge in [-0.15, -0.1) is 0 Å². The van der Waals surface area contributed by atoms with Crippen molar-refractivity contribution >= 4 is 34.4 Å². The zero-order valence-corrected chi connectivity index (χ0v) is 29.5. The third-order valence-electron chi connectivity index (χ3n) is 8.53. The number of amides is 2. The molecule has 0 fully saturated rings. The first-order chi connectivity index (χ1) is 24.1. The van der Waals surface area contributed by atoms with Crippen LogP contribution >= 0.6 is 0 Å². The molecule has 0 saturated heterocycles. The molecule has 50 heavy (non-hydrogen) atoms. The number of pyridine rings is 2. The lowest BCUT2D eigenvalue weighted by molar-refractivity contribution is -0.141. The molecule has 5 aromatic rings. The van der Waals surface area contributed by atoms with Gasteiger partial charge in [0, 0.05) is 37.2 Å². The molecule has 0 aliphatic heterocycles. The lowest BCUT2D eigenvalue weighted by Gasteiger charge is -2.27. The monoisotopic (exact) mass is 674 g/mol. The van der Waals surface area contributed by atoms with Gasteiger partial charge in [-0.05, 0) is 95.0 Å². The zero-order valence-electron chi connectivity index (χ0n) is 29.5. The van der Waals surface area contributed by atoms with Crippen LogP contribution in [0, 0.1) is 0 Å². The van der Waals surface area contributed by atoms with E-state index in [2.05, 4.69) is 67.2 Å². The van der Waals surface area contributed by atoms with Crippen LogP contribution in [0.1, 0.15) is 76.0 Å². The fourth-order valence-corrected chi connectivity index (χ4v) is 5.96. The molecule has 0 unspecified atom stereocenters. The second-order valence-electron chi connectivity index (χ2n) is 13.0. The second kappa shape index (κ2) is 16.8. The summed E-state index contributed by atoms with van der Waals surface area (Å²) in [6, 6.07) is 27.3. The van der Waals surface area contributed by atoms with Crippen LogP contribution in [0.25, 0.3) is 22.2 Å². The van der Waals surface area contributed by atoms with E-state index in [1.807, 2.05) is 54.6 Å². The Bertz CT molecular complexity index is 1960. The first-order valence-corrected chi connectivity index (χ1v) is 17.3. The van der Waals surface area contributed by atoms with Crippen molar-refractivity contribution < 1.29 is 19.1 Å². The van der Waals surface area contributed by atoms with E-state index in [0.29, 0.717) is 38.2 Å². The number of aromatic nitrogens is 2. The minimum absolute atomic E-state index is 0.0881. The number of anilines is 2. The summed E-state index contributed by atoms with van der Waals surface area (Å²) in [5, 5.41) is 4.00. The third kappa shape index (κ3) is 9.16. The summed E-state index contributed by atoms with van der Waals surface area (Å²) in [5.74, 6) is 0.598. The van der Waals surface area contributed by atoms with Crippen LogP contribution in [-0.4, -0.2) is 41.7 Å². The number of carbonyl (C=O) groups excluding carboxylic acids is 2. The first kappa shape index (κ1) is 35.9. The Hall–Kier alpha value is -5.44. The van der Waals surface area contributed by atoms with Gasteiger partial charge >= 0.3 is 12.0 Å². The van der Waals surface area contributed by atoms with E-state index >= 15 is 0 Å². The Morgan fingerprint density at radius 1 is 0.840 bits per heavy atom.